The summed E-state index contributed by atoms with van der Waals surface area (Å²) in [5, 5.41) is 0. The zero-order valence-electron chi connectivity index (χ0n) is 15.4. The van der Waals surface area contributed by atoms with Crippen molar-refractivity contribution in [1.82, 2.24) is 9.97 Å². The molecule has 0 unspecified atom stereocenters. The van der Waals surface area contributed by atoms with Gasteiger partial charge < -0.3 is 9.80 Å². The number of rotatable bonds is 4. The van der Waals surface area contributed by atoms with Gasteiger partial charge in [-0.05, 0) is 43.5 Å². The molecule has 4 rings (SSSR count). The van der Waals surface area contributed by atoms with E-state index in [4.69, 9.17) is 0 Å². The maximum Gasteiger partial charge on any atom is 0.278 e. The molecule has 0 spiro atoms. The number of para-hydroxylation sites is 2. The van der Waals surface area contributed by atoms with Crippen molar-refractivity contribution < 1.29 is 4.79 Å². The molecule has 0 aliphatic carbocycles. The smallest absolute Gasteiger partial charge is 0.278 e. The SMILES string of the molecule is CCN(C(=O)c1cnc(N2CCCc3ccccc32)cn1)c1ccccc1. The molecule has 27 heavy (non-hydrogen) atoms. The molecule has 1 amide bonds. The number of aryl methyl sites for hydroxylation is 1. The van der Waals surface area contributed by atoms with E-state index in [0.29, 0.717) is 12.2 Å². The summed E-state index contributed by atoms with van der Waals surface area (Å²) in [6, 6.07) is 18.0. The molecular weight excluding hydrogens is 336 g/mol. The van der Waals surface area contributed by atoms with Crippen molar-refractivity contribution in [2.24, 2.45) is 0 Å². The molecular formula is C22H22N4O. The van der Waals surface area contributed by atoms with E-state index in [1.165, 1.54) is 11.3 Å². The minimum absolute atomic E-state index is 0.137. The van der Waals surface area contributed by atoms with Crippen molar-refractivity contribution in [3.63, 3.8) is 0 Å². The molecule has 1 aliphatic rings. The molecule has 0 fully saturated rings. The summed E-state index contributed by atoms with van der Waals surface area (Å²) in [5.41, 5.74) is 3.72. The van der Waals surface area contributed by atoms with Crippen LogP contribution in [0.2, 0.25) is 0 Å². The van der Waals surface area contributed by atoms with Crippen LogP contribution in [-0.2, 0) is 6.42 Å². The van der Waals surface area contributed by atoms with Crippen molar-refractivity contribution in [1.29, 1.82) is 0 Å². The van der Waals surface area contributed by atoms with Crippen molar-refractivity contribution in [2.75, 3.05) is 22.9 Å². The largest absolute Gasteiger partial charge is 0.325 e. The van der Waals surface area contributed by atoms with Gasteiger partial charge in [-0.25, -0.2) is 9.97 Å². The summed E-state index contributed by atoms with van der Waals surface area (Å²) >= 11 is 0. The van der Waals surface area contributed by atoms with Crippen molar-refractivity contribution >= 4 is 23.1 Å². The average molecular weight is 358 g/mol. The Hall–Kier alpha value is -3.21. The van der Waals surface area contributed by atoms with Gasteiger partial charge in [0.15, 0.2) is 5.82 Å². The molecule has 0 atom stereocenters. The molecule has 0 N–H and O–H groups in total. The van der Waals surface area contributed by atoms with Gasteiger partial charge in [-0.1, -0.05) is 36.4 Å². The first kappa shape index (κ1) is 17.2. The van der Waals surface area contributed by atoms with Crippen LogP contribution in [0.3, 0.4) is 0 Å². The maximum absolute atomic E-state index is 12.9. The first-order valence-electron chi connectivity index (χ1n) is 9.32. The van der Waals surface area contributed by atoms with Crippen molar-refractivity contribution in [2.45, 2.75) is 19.8 Å². The van der Waals surface area contributed by atoms with Crippen LogP contribution in [0.25, 0.3) is 0 Å². The minimum Gasteiger partial charge on any atom is -0.325 e. The van der Waals surface area contributed by atoms with Gasteiger partial charge in [-0.2, -0.15) is 0 Å². The van der Waals surface area contributed by atoms with Gasteiger partial charge >= 0.3 is 0 Å². The molecule has 3 aromatic rings. The van der Waals surface area contributed by atoms with Gasteiger partial charge in [-0.3, -0.25) is 4.79 Å². The predicted molar refractivity (Wildman–Crippen MR) is 108 cm³/mol. The van der Waals surface area contributed by atoms with Crippen LogP contribution in [-0.4, -0.2) is 29.0 Å². The summed E-state index contributed by atoms with van der Waals surface area (Å²) < 4.78 is 0. The Bertz CT molecular complexity index is 925. The first-order valence-corrected chi connectivity index (χ1v) is 9.32. The lowest BCUT2D eigenvalue weighted by Crippen LogP contribution is -2.31. The number of hydrogen-bond donors (Lipinski definition) is 0. The Balaban J connectivity index is 1.59. The van der Waals surface area contributed by atoms with E-state index in [2.05, 4.69) is 33.1 Å². The van der Waals surface area contributed by atoms with Gasteiger partial charge in [0.2, 0.25) is 0 Å². The van der Waals surface area contributed by atoms with Gasteiger partial charge in [0.1, 0.15) is 5.69 Å². The van der Waals surface area contributed by atoms with Crippen LogP contribution in [0, 0.1) is 0 Å². The number of amides is 1. The molecule has 5 nitrogen and oxygen atoms in total. The van der Waals surface area contributed by atoms with E-state index in [-0.39, 0.29) is 5.91 Å². The molecule has 2 aromatic carbocycles. The van der Waals surface area contributed by atoms with E-state index < -0.39 is 0 Å². The number of fused-ring (bicyclic) bond motifs is 1. The molecule has 0 radical (unpaired) electrons. The Kier molecular flexibility index (Phi) is 4.83. The second-order valence-corrected chi connectivity index (χ2v) is 6.53. The Morgan fingerprint density at radius 3 is 2.56 bits per heavy atom. The van der Waals surface area contributed by atoms with Crippen LogP contribution >= 0.6 is 0 Å². The Morgan fingerprint density at radius 1 is 1.04 bits per heavy atom. The first-order chi connectivity index (χ1) is 13.3. The quantitative estimate of drug-likeness (QED) is 0.700. The van der Waals surface area contributed by atoms with E-state index in [0.717, 1.165) is 30.9 Å². The van der Waals surface area contributed by atoms with Crippen LogP contribution in [0.4, 0.5) is 17.2 Å². The highest BCUT2D eigenvalue weighted by molar-refractivity contribution is 6.04. The molecule has 0 saturated carbocycles. The van der Waals surface area contributed by atoms with Crippen LogP contribution in [0.15, 0.2) is 67.0 Å². The highest BCUT2D eigenvalue weighted by Crippen LogP contribution is 2.31. The highest BCUT2D eigenvalue weighted by atomic mass is 16.2. The Morgan fingerprint density at radius 2 is 1.81 bits per heavy atom. The lowest BCUT2D eigenvalue weighted by molar-refractivity contribution is 0.0983. The minimum atomic E-state index is -0.137. The van der Waals surface area contributed by atoms with Gasteiger partial charge in [0.05, 0.1) is 12.4 Å². The summed E-state index contributed by atoms with van der Waals surface area (Å²) in [5.74, 6) is 0.642. The fourth-order valence-electron chi connectivity index (χ4n) is 3.53. The molecule has 0 saturated heterocycles. The number of carbonyl (C=O) groups excluding carboxylic acids is 1. The normalized spacial score (nSPS) is 13.1. The number of anilines is 3. The zero-order chi connectivity index (χ0) is 18.6. The molecule has 136 valence electrons. The van der Waals surface area contributed by atoms with Crippen LogP contribution in [0.1, 0.15) is 29.4 Å². The highest BCUT2D eigenvalue weighted by Gasteiger charge is 2.21. The fraction of sp³-hybridized carbons (Fsp3) is 0.227. The zero-order valence-corrected chi connectivity index (χ0v) is 15.4. The summed E-state index contributed by atoms with van der Waals surface area (Å²) in [7, 11) is 0. The van der Waals surface area contributed by atoms with Crippen molar-refractivity contribution in [3.8, 4) is 0 Å². The summed E-state index contributed by atoms with van der Waals surface area (Å²) in [4.78, 5) is 25.7. The number of hydrogen-bond acceptors (Lipinski definition) is 4. The van der Waals surface area contributed by atoms with Crippen LogP contribution in [0.5, 0.6) is 0 Å². The third-order valence-corrected chi connectivity index (χ3v) is 4.87. The number of nitrogens with zero attached hydrogens (tertiary/aromatic N) is 4. The average Bonchev–Trinajstić information content (AvgIpc) is 2.75. The third kappa shape index (κ3) is 3.40. The second-order valence-electron chi connectivity index (χ2n) is 6.53. The van der Waals surface area contributed by atoms with E-state index >= 15 is 0 Å². The monoisotopic (exact) mass is 358 g/mol. The Labute approximate surface area is 159 Å². The fourth-order valence-corrected chi connectivity index (χ4v) is 3.53. The van der Waals surface area contributed by atoms with Crippen LogP contribution < -0.4 is 9.80 Å². The van der Waals surface area contributed by atoms with Crippen molar-refractivity contribution in [3.05, 3.63) is 78.2 Å². The lowest BCUT2D eigenvalue weighted by atomic mass is 10.0. The molecule has 1 aliphatic heterocycles. The second kappa shape index (κ2) is 7.58. The van der Waals surface area contributed by atoms with Gasteiger partial charge in [0, 0.05) is 24.5 Å². The number of aromatic nitrogens is 2. The van der Waals surface area contributed by atoms with E-state index in [1.54, 1.807) is 17.3 Å². The van der Waals surface area contributed by atoms with Gasteiger partial charge in [0.25, 0.3) is 5.91 Å². The van der Waals surface area contributed by atoms with Gasteiger partial charge in [-0.15, -0.1) is 0 Å². The summed E-state index contributed by atoms with van der Waals surface area (Å²) in [6.07, 6.45) is 5.45. The maximum atomic E-state index is 12.9. The van der Waals surface area contributed by atoms with E-state index in [9.17, 15) is 4.79 Å². The number of benzene rings is 2. The standard InChI is InChI=1S/C22H22N4O/c1-2-25(18-11-4-3-5-12-18)22(27)19-15-24-21(16-23-19)26-14-8-10-17-9-6-7-13-20(17)26/h3-7,9,11-13,15-16H,2,8,10,14H2,1H3. The number of carbonyl (C=O) groups is 1. The van der Waals surface area contributed by atoms with E-state index in [1.807, 2.05) is 43.3 Å². The molecule has 1 aromatic heterocycles. The third-order valence-electron chi connectivity index (χ3n) is 4.87. The predicted octanol–water partition coefficient (Wildman–Crippen LogP) is 4.23. The lowest BCUT2D eigenvalue weighted by Gasteiger charge is -2.30. The summed E-state index contributed by atoms with van der Waals surface area (Å²) in [6.45, 7) is 3.44. The molecule has 2 heterocycles. The molecule has 5 heteroatoms. The topological polar surface area (TPSA) is 49.3 Å². The molecule has 0 bridgehead atoms.